The molecule has 0 N–H and O–H groups in total. The number of rotatable bonds is 4. The van der Waals surface area contributed by atoms with Crippen molar-refractivity contribution in [3.8, 4) is 17.2 Å². The summed E-state index contributed by atoms with van der Waals surface area (Å²) in [6.07, 6.45) is 4.88. The number of aromatic nitrogens is 3. The second-order valence-corrected chi connectivity index (χ2v) is 6.52. The smallest absolute Gasteiger partial charge is 0.259 e. The first kappa shape index (κ1) is 18.3. The van der Waals surface area contributed by atoms with Crippen LogP contribution in [0.5, 0.6) is 0 Å². The van der Waals surface area contributed by atoms with Crippen molar-refractivity contribution in [2.45, 2.75) is 6.67 Å². The Morgan fingerprint density at radius 1 is 1.17 bits per heavy atom. The molecule has 0 atom stereocenters. The van der Waals surface area contributed by atoms with Crippen LogP contribution >= 0.6 is 0 Å². The molecular formula is C22H16FN5O. The predicted molar refractivity (Wildman–Crippen MR) is 107 cm³/mol. The van der Waals surface area contributed by atoms with Gasteiger partial charge in [-0.05, 0) is 35.4 Å². The summed E-state index contributed by atoms with van der Waals surface area (Å²) >= 11 is 0. The number of hydrogen-bond acceptors (Lipinski definition) is 4. The molecule has 0 aliphatic heterocycles. The minimum atomic E-state index is -0.511. The van der Waals surface area contributed by atoms with Gasteiger partial charge >= 0.3 is 0 Å². The molecule has 4 rings (SSSR count). The molecule has 0 spiro atoms. The van der Waals surface area contributed by atoms with Gasteiger partial charge in [0.25, 0.3) is 5.91 Å². The Bertz CT molecular complexity index is 1220. The third-order valence-electron chi connectivity index (χ3n) is 4.71. The van der Waals surface area contributed by atoms with E-state index in [1.807, 2.05) is 18.2 Å². The topological polar surface area (TPSA) is 74.3 Å². The lowest BCUT2D eigenvalue weighted by atomic mass is 10.0. The third-order valence-corrected chi connectivity index (χ3v) is 4.71. The zero-order valence-electron chi connectivity index (χ0n) is 15.6. The lowest BCUT2D eigenvalue weighted by molar-refractivity contribution is 0.0992. The van der Waals surface area contributed by atoms with E-state index in [1.165, 1.54) is 11.1 Å². The molecule has 142 valence electrons. The van der Waals surface area contributed by atoms with Crippen LogP contribution in [0.3, 0.4) is 0 Å². The maximum absolute atomic E-state index is 12.9. The Labute approximate surface area is 166 Å². The van der Waals surface area contributed by atoms with Crippen LogP contribution < -0.4 is 4.90 Å². The SMILES string of the molecule is CN(C(=O)c1ccn2ncc(-c3ccc(CF)cc3)c2c1)c1ccc(C#N)cn1. The molecule has 1 amide bonds. The summed E-state index contributed by atoms with van der Waals surface area (Å²) in [5.41, 5.74) is 4.03. The van der Waals surface area contributed by atoms with Crippen LogP contribution in [0.2, 0.25) is 0 Å². The number of carbonyl (C=O) groups is 1. The minimum absolute atomic E-state index is 0.232. The number of halogens is 1. The maximum Gasteiger partial charge on any atom is 0.259 e. The summed E-state index contributed by atoms with van der Waals surface area (Å²) in [6, 6.07) is 15.9. The van der Waals surface area contributed by atoms with Gasteiger partial charge in [-0.3, -0.25) is 9.69 Å². The summed E-state index contributed by atoms with van der Waals surface area (Å²) in [4.78, 5) is 18.5. The van der Waals surface area contributed by atoms with Crippen LogP contribution in [0.4, 0.5) is 10.2 Å². The standard InChI is InChI=1S/C22H16FN5O/c1-27(21-7-4-16(12-24)13-25-21)22(29)18-8-9-28-20(10-18)19(14-26-28)17-5-2-15(11-23)3-6-17/h2-10,13-14H,11H2,1H3. The highest BCUT2D eigenvalue weighted by atomic mass is 19.1. The Hall–Kier alpha value is -4.05. The first-order chi connectivity index (χ1) is 14.1. The Morgan fingerprint density at radius 2 is 1.97 bits per heavy atom. The second kappa shape index (κ2) is 7.52. The van der Waals surface area contributed by atoms with Crippen molar-refractivity contribution in [3.63, 3.8) is 0 Å². The van der Waals surface area contributed by atoms with Crippen molar-refractivity contribution in [3.05, 3.63) is 83.8 Å². The van der Waals surface area contributed by atoms with Crippen molar-refractivity contribution in [2.75, 3.05) is 11.9 Å². The molecular weight excluding hydrogens is 369 g/mol. The summed E-state index contributed by atoms with van der Waals surface area (Å²) in [6.45, 7) is -0.511. The zero-order valence-corrected chi connectivity index (χ0v) is 15.6. The van der Waals surface area contributed by atoms with E-state index < -0.39 is 6.67 Å². The number of hydrogen-bond donors (Lipinski definition) is 0. The lowest BCUT2D eigenvalue weighted by Crippen LogP contribution is -2.27. The van der Waals surface area contributed by atoms with Crippen molar-refractivity contribution in [2.24, 2.45) is 0 Å². The van der Waals surface area contributed by atoms with Crippen LogP contribution in [0.1, 0.15) is 21.5 Å². The average Bonchev–Trinajstić information content (AvgIpc) is 3.21. The van der Waals surface area contributed by atoms with Gasteiger partial charge in [-0.1, -0.05) is 24.3 Å². The molecule has 0 bridgehead atoms. The van der Waals surface area contributed by atoms with E-state index in [4.69, 9.17) is 5.26 Å². The molecule has 0 saturated heterocycles. The monoisotopic (exact) mass is 385 g/mol. The van der Waals surface area contributed by atoms with Gasteiger partial charge in [-0.2, -0.15) is 10.4 Å². The van der Waals surface area contributed by atoms with E-state index in [1.54, 1.807) is 60.4 Å². The number of amides is 1. The minimum Gasteiger partial charge on any atom is -0.296 e. The highest BCUT2D eigenvalue weighted by Gasteiger charge is 2.17. The summed E-state index contributed by atoms with van der Waals surface area (Å²) in [5, 5.41) is 13.2. The van der Waals surface area contributed by atoms with Crippen molar-refractivity contribution in [1.29, 1.82) is 5.26 Å². The fourth-order valence-electron chi connectivity index (χ4n) is 3.06. The number of pyridine rings is 2. The first-order valence-corrected chi connectivity index (χ1v) is 8.87. The van der Waals surface area contributed by atoms with Gasteiger partial charge in [0.2, 0.25) is 0 Å². The third kappa shape index (κ3) is 3.44. The Balaban J connectivity index is 1.68. The molecule has 0 saturated carbocycles. The largest absolute Gasteiger partial charge is 0.296 e. The molecule has 0 aliphatic rings. The van der Waals surface area contributed by atoms with E-state index >= 15 is 0 Å². The number of nitriles is 1. The van der Waals surface area contributed by atoms with Crippen molar-refractivity contribution < 1.29 is 9.18 Å². The van der Waals surface area contributed by atoms with E-state index in [-0.39, 0.29) is 5.91 Å². The highest BCUT2D eigenvalue weighted by Crippen LogP contribution is 2.26. The van der Waals surface area contributed by atoms with Gasteiger partial charge in [0.1, 0.15) is 18.6 Å². The van der Waals surface area contributed by atoms with Gasteiger partial charge in [-0.15, -0.1) is 0 Å². The zero-order chi connectivity index (χ0) is 20.4. The normalized spacial score (nSPS) is 10.7. The highest BCUT2D eigenvalue weighted by molar-refractivity contribution is 6.06. The summed E-state index contributed by atoms with van der Waals surface area (Å²) < 4.78 is 14.5. The molecule has 0 aliphatic carbocycles. The molecule has 3 heterocycles. The van der Waals surface area contributed by atoms with Crippen LogP contribution in [0.25, 0.3) is 16.6 Å². The lowest BCUT2D eigenvalue weighted by Gasteiger charge is -2.16. The quantitative estimate of drug-likeness (QED) is 0.532. The number of benzene rings is 1. The van der Waals surface area contributed by atoms with Crippen LogP contribution in [0.15, 0.2) is 67.1 Å². The summed E-state index contributed by atoms with van der Waals surface area (Å²) in [7, 11) is 1.63. The number of anilines is 1. The van der Waals surface area contributed by atoms with Crippen LogP contribution in [-0.2, 0) is 6.67 Å². The van der Waals surface area contributed by atoms with E-state index in [9.17, 15) is 9.18 Å². The predicted octanol–water partition coefficient (Wildman–Crippen LogP) is 4.01. The van der Waals surface area contributed by atoms with Gasteiger partial charge in [0.15, 0.2) is 0 Å². The molecule has 3 aromatic heterocycles. The molecule has 4 aromatic rings. The van der Waals surface area contributed by atoms with E-state index in [2.05, 4.69) is 10.1 Å². The number of nitrogens with zero attached hydrogens (tertiary/aromatic N) is 5. The molecule has 1 aromatic carbocycles. The number of alkyl halides is 1. The Morgan fingerprint density at radius 3 is 2.62 bits per heavy atom. The van der Waals surface area contributed by atoms with Crippen LogP contribution in [-0.4, -0.2) is 27.6 Å². The fourth-order valence-corrected chi connectivity index (χ4v) is 3.06. The number of fused-ring (bicyclic) bond motifs is 1. The second-order valence-electron chi connectivity index (χ2n) is 6.52. The van der Waals surface area contributed by atoms with Crippen LogP contribution in [0, 0.1) is 11.3 Å². The molecule has 0 radical (unpaired) electrons. The van der Waals surface area contributed by atoms with Crippen molar-refractivity contribution in [1.82, 2.24) is 14.6 Å². The first-order valence-electron chi connectivity index (χ1n) is 8.87. The van der Waals surface area contributed by atoms with Crippen molar-refractivity contribution >= 4 is 17.2 Å². The van der Waals surface area contributed by atoms with Gasteiger partial charge in [0.05, 0.1) is 17.3 Å². The molecule has 0 fully saturated rings. The molecule has 6 nitrogen and oxygen atoms in total. The molecule has 7 heteroatoms. The Kier molecular flexibility index (Phi) is 4.75. The van der Waals surface area contributed by atoms with E-state index in [0.29, 0.717) is 22.5 Å². The van der Waals surface area contributed by atoms with Gasteiger partial charge < -0.3 is 0 Å². The van der Waals surface area contributed by atoms with Gasteiger partial charge in [0, 0.05) is 30.6 Å². The fraction of sp³-hybridized carbons (Fsp3) is 0.0909. The number of carbonyl (C=O) groups excluding carboxylic acids is 1. The average molecular weight is 385 g/mol. The molecule has 29 heavy (non-hydrogen) atoms. The van der Waals surface area contributed by atoms with Gasteiger partial charge in [-0.25, -0.2) is 13.9 Å². The maximum atomic E-state index is 12.9. The van der Waals surface area contributed by atoms with E-state index in [0.717, 1.165) is 16.6 Å². The molecule has 0 unspecified atom stereocenters. The summed E-state index contributed by atoms with van der Waals surface area (Å²) in [5.74, 6) is 0.217.